The van der Waals surface area contributed by atoms with Crippen LogP contribution in [0.2, 0.25) is 0 Å². The molecule has 2 aliphatic rings. The minimum atomic E-state index is -0.301. The lowest BCUT2D eigenvalue weighted by Gasteiger charge is -2.23. The molecule has 2 heterocycles. The van der Waals surface area contributed by atoms with E-state index in [0.717, 1.165) is 48.4 Å². The van der Waals surface area contributed by atoms with Crippen LogP contribution in [0.1, 0.15) is 35.4 Å². The number of benzene rings is 1. The fraction of sp³-hybridized carbons (Fsp3) is 0.500. The monoisotopic (exact) mass is 373 g/mol. The summed E-state index contributed by atoms with van der Waals surface area (Å²) in [4.78, 5) is 14.5. The minimum Gasteiger partial charge on any atom is -0.392 e. The molecule has 27 heavy (non-hydrogen) atoms. The Bertz CT molecular complexity index is 805. The van der Waals surface area contributed by atoms with E-state index in [9.17, 15) is 14.3 Å². The second-order valence-corrected chi connectivity index (χ2v) is 7.52. The van der Waals surface area contributed by atoms with Gasteiger partial charge >= 0.3 is 0 Å². The Balaban J connectivity index is 1.35. The zero-order valence-corrected chi connectivity index (χ0v) is 15.2. The average molecular weight is 373 g/mol. The zero-order chi connectivity index (χ0) is 18.8. The number of β-amino-alcohol motifs (C(OH)–C–C–N with tert-alkyl or cyclic N) is 1. The molecule has 1 unspecified atom stereocenters. The molecule has 0 bridgehead atoms. The molecule has 2 aromatic rings. The normalized spacial score (nSPS) is 22.6. The fourth-order valence-electron chi connectivity index (χ4n) is 3.94. The number of hydrogen-bond donors (Lipinski definition) is 2. The quantitative estimate of drug-likeness (QED) is 0.832. The van der Waals surface area contributed by atoms with Crippen LogP contribution in [0.25, 0.3) is 0 Å². The van der Waals surface area contributed by atoms with Crippen molar-refractivity contribution in [2.24, 2.45) is 0 Å². The Labute approximate surface area is 157 Å². The highest BCUT2D eigenvalue weighted by Gasteiger charge is 2.29. The van der Waals surface area contributed by atoms with E-state index in [0.29, 0.717) is 19.5 Å². The molecule has 1 aromatic carbocycles. The molecule has 1 aliphatic carbocycles. The first-order valence-electron chi connectivity index (χ1n) is 9.47. The molecule has 6 nitrogen and oxygen atoms in total. The van der Waals surface area contributed by atoms with Crippen LogP contribution in [-0.4, -0.2) is 46.3 Å². The lowest BCUT2D eigenvalue weighted by molar-refractivity contribution is -0.121. The molecule has 0 saturated carbocycles. The van der Waals surface area contributed by atoms with E-state index in [1.54, 1.807) is 12.1 Å². The van der Waals surface area contributed by atoms with Crippen LogP contribution >= 0.6 is 0 Å². The number of aliphatic hydroxyl groups is 1. The lowest BCUT2D eigenvalue weighted by atomic mass is 9.91. The molecule has 2 N–H and O–H groups in total. The van der Waals surface area contributed by atoms with E-state index in [1.807, 2.05) is 0 Å². The summed E-state index contributed by atoms with van der Waals surface area (Å²) in [5.41, 5.74) is 2.80. The molecule has 144 valence electrons. The van der Waals surface area contributed by atoms with E-state index < -0.39 is 0 Å². The predicted molar refractivity (Wildman–Crippen MR) is 96.5 cm³/mol. The highest BCUT2D eigenvalue weighted by Crippen LogP contribution is 2.26. The molecule has 1 fully saturated rings. The first kappa shape index (κ1) is 18.1. The number of carbonyl (C=O) groups excluding carboxylic acids is 1. The largest absolute Gasteiger partial charge is 0.392 e. The van der Waals surface area contributed by atoms with Crippen molar-refractivity contribution in [3.63, 3.8) is 0 Å². The number of nitrogens with one attached hydrogen (secondary N) is 1. The second kappa shape index (κ2) is 7.78. The molecule has 1 amide bonds. The van der Waals surface area contributed by atoms with E-state index in [4.69, 9.17) is 4.52 Å². The van der Waals surface area contributed by atoms with E-state index in [-0.39, 0.29) is 30.3 Å². The van der Waals surface area contributed by atoms with Crippen LogP contribution in [0.5, 0.6) is 0 Å². The number of rotatable bonds is 5. The van der Waals surface area contributed by atoms with Crippen molar-refractivity contribution in [1.82, 2.24) is 15.4 Å². The predicted octanol–water partition coefficient (Wildman–Crippen LogP) is 1.60. The van der Waals surface area contributed by atoms with Gasteiger partial charge in [0.15, 0.2) is 0 Å². The lowest BCUT2D eigenvalue weighted by Crippen LogP contribution is -2.39. The maximum atomic E-state index is 13.0. The molecule has 2 atom stereocenters. The standard InChI is InChI=1S/C20H24FN3O3/c21-14-3-1-13(2-4-14)9-20(26)22-15-5-6-19-17(10-15)18(23-27-19)12-24-8-7-16(25)11-24/h1-4,15-16,25H,5-12H2,(H,22,26)/t15?,16-/m1/s1. The third kappa shape index (κ3) is 4.36. The Kier molecular flexibility index (Phi) is 5.22. The van der Waals surface area contributed by atoms with Gasteiger partial charge in [0.05, 0.1) is 12.5 Å². The molecule has 1 aliphatic heterocycles. The number of nitrogens with zero attached hydrogens (tertiary/aromatic N) is 2. The van der Waals surface area contributed by atoms with Gasteiger partial charge in [-0.15, -0.1) is 0 Å². The molecule has 0 radical (unpaired) electrons. The van der Waals surface area contributed by atoms with Crippen LogP contribution in [0.4, 0.5) is 4.39 Å². The summed E-state index contributed by atoms with van der Waals surface area (Å²) in [7, 11) is 0. The van der Waals surface area contributed by atoms with Crippen molar-refractivity contribution in [2.75, 3.05) is 13.1 Å². The SMILES string of the molecule is O=C(Cc1ccc(F)cc1)NC1CCc2onc(CN3CC[C@@H](O)C3)c2C1. The number of aliphatic hydroxyl groups excluding tert-OH is 1. The van der Waals surface area contributed by atoms with Gasteiger partial charge in [0.2, 0.25) is 5.91 Å². The van der Waals surface area contributed by atoms with Gasteiger partial charge in [-0.2, -0.15) is 0 Å². The van der Waals surface area contributed by atoms with Gasteiger partial charge in [-0.05, 0) is 37.0 Å². The van der Waals surface area contributed by atoms with Crippen molar-refractivity contribution in [1.29, 1.82) is 0 Å². The summed E-state index contributed by atoms with van der Waals surface area (Å²) >= 11 is 0. The van der Waals surface area contributed by atoms with Crippen LogP contribution in [0.3, 0.4) is 0 Å². The Morgan fingerprint density at radius 3 is 2.89 bits per heavy atom. The first-order chi connectivity index (χ1) is 13.1. The summed E-state index contributed by atoms with van der Waals surface area (Å²) < 4.78 is 18.5. The van der Waals surface area contributed by atoms with Gasteiger partial charge in [-0.25, -0.2) is 4.39 Å². The van der Waals surface area contributed by atoms with Crippen LogP contribution in [0, 0.1) is 5.82 Å². The number of halogens is 1. The molecule has 0 spiro atoms. The molecular weight excluding hydrogens is 349 g/mol. The van der Waals surface area contributed by atoms with Crippen molar-refractivity contribution < 1.29 is 18.8 Å². The summed E-state index contributed by atoms with van der Waals surface area (Å²) in [6.45, 7) is 2.20. The van der Waals surface area contributed by atoms with Crippen molar-refractivity contribution >= 4 is 5.91 Å². The van der Waals surface area contributed by atoms with Gasteiger partial charge < -0.3 is 14.9 Å². The Hall–Kier alpha value is -2.25. The first-order valence-corrected chi connectivity index (χ1v) is 9.47. The van der Waals surface area contributed by atoms with Gasteiger partial charge in [0.25, 0.3) is 0 Å². The third-order valence-electron chi connectivity index (χ3n) is 5.39. The number of aryl methyl sites for hydroxylation is 1. The Morgan fingerprint density at radius 1 is 1.33 bits per heavy atom. The van der Waals surface area contributed by atoms with Crippen LogP contribution < -0.4 is 5.32 Å². The number of aromatic nitrogens is 1. The maximum absolute atomic E-state index is 13.0. The van der Waals surface area contributed by atoms with Crippen LogP contribution in [0.15, 0.2) is 28.8 Å². The number of fused-ring (bicyclic) bond motifs is 1. The maximum Gasteiger partial charge on any atom is 0.224 e. The van der Waals surface area contributed by atoms with E-state index in [2.05, 4.69) is 15.4 Å². The summed E-state index contributed by atoms with van der Waals surface area (Å²) in [5, 5.41) is 17.0. The minimum absolute atomic E-state index is 0.0489. The smallest absolute Gasteiger partial charge is 0.224 e. The summed E-state index contributed by atoms with van der Waals surface area (Å²) in [6, 6.07) is 6.06. The average Bonchev–Trinajstić information content (AvgIpc) is 3.23. The topological polar surface area (TPSA) is 78.6 Å². The number of likely N-dealkylation sites (tertiary alicyclic amines) is 1. The molecule has 4 rings (SSSR count). The fourth-order valence-corrected chi connectivity index (χ4v) is 3.94. The number of carbonyl (C=O) groups is 1. The Morgan fingerprint density at radius 2 is 2.15 bits per heavy atom. The molecule has 1 saturated heterocycles. The molecular formula is C20H24FN3O3. The van der Waals surface area contributed by atoms with Gasteiger partial charge in [0.1, 0.15) is 17.3 Å². The van der Waals surface area contributed by atoms with Gasteiger partial charge in [-0.3, -0.25) is 9.69 Å². The van der Waals surface area contributed by atoms with E-state index >= 15 is 0 Å². The van der Waals surface area contributed by atoms with Crippen molar-refractivity contribution in [2.45, 2.75) is 50.8 Å². The summed E-state index contributed by atoms with van der Waals surface area (Å²) in [5.74, 6) is 0.550. The highest BCUT2D eigenvalue weighted by molar-refractivity contribution is 5.78. The number of amides is 1. The summed E-state index contributed by atoms with van der Waals surface area (Å²) in [6.07, 6.45) is 3.06. The molecule has 1 aromatic heterocycles. The molecule has 7 heteroatoms. The van der Waals surface area contributed by atoms with E-state index in [1.165, 1.54) is 12.1 Å². The van der Waals surface area contributed by atoms with Gasteiger partial charge in [-0.1, -0.05) is 17.3 Å². The third-order valence-corrected chi connectivity index (χ3v) is 5.39. The van der Waals surface area contributed by atoms with Crippen molar-refractivity contribution in [3.05, 3.63) is 52.7 Å². The van der Waals surface area contributed by atoms with Crippen LogP contribution in [-0.2, 0) is 30.6 Å². The number of hydrogen-bond acceptors (Lipinski definition) is 5. The van der Waals surface area contributed by atoms with Gasteiger partial charge in [0, 0.05) is 37.7 Å². The second-order valence-electron chi connectivity index (χ2n) is 7.52. The highest BCUT2D eigenvalue weighted by atomic mass is 19.1. The zero-order valence-electron chi connectivity index (χ0n) is 15.2. The van der Waals surface area contributed by atoms with Crippen molar-refractivity contribution in [3.8, 4) is 0 Å².